The predicted octanol–water partition coefficient (Wildman–Crippen LogP) is 4.24. The van der Waals surface area contributed by atoms with Crippen LogP contribution in [0.4, 0.5) is 5.88 Å². The number of benzene rings is 2. The number of imidazole rings is 1. The molecule has 0 fully saturated rings. The third kappa shape index (κ3) is 3.35. The van der Waals surface area contributed by atoms with Gasteiger partial charge in [-0.1, -0.05) is 37.3 Å². The largest absolute Gasteiger partial charge is 0.433 e. The molecule has 3 aromatic heterocycles. The molecule has 1 atom stereocenters. The lowest BCUT2D eigenvalue weighted by Crippen LogP contribution is -2.08. The Morgan fingerprint density at radius 3 is 2.71 bits per heavy atom. The summed E-state index contributed by atoms with van der Waals surface area (Å²) in [6.07, 6.45) is 1.23. The molecule has 0 aliphatic rings. The Morgan fingerprint density at radius 1 is 1.16 bits per heavy atom. The van der Waals surface area contributed by atoms with Gasteiger partial charge in [-0.25, -0.2) is 9.97 Å². The van der Waals surface area contributed by atoms with Crippen molar-refractivity contribution in [1.29, 1.82) is 0 Å². The summed E-state index contributed by atoms with van der Waals surface area (Å²) in [6.45, 7) is 2.67. The van der Waals surface area contributed by atoms with Crippen molar-refractivity contribution in [1.82, 2.24) is 19.5 Å². The summed E-state index contributed by atoms with van der Waals surface area (Å²) in [7, 11) is 0. The van der Waals surface area contributed by atoms with Gasteiger partial charge in [0.15, 0.2) is 11.6 Å². The zero-order valence-corrected chi connectivity index (χ0v) is 16.5. The van der Waals surface area contributed by atoms with E-state index >= 15 is 0 Å². The first kappa shape index (κ1) is 18.7. The van der Waals surface area contributed by atoms with Gasteiger partial charge in [-0.3, -0.25) is 14.9 Å². The van der Waals surface area contributed by atoms with Gasteiger partial charge in [0.2, 0.25) is 0 Å². The summed E-state index contributed by atoms with van der Waals surface area (Å²) in [5.41, 5.74) is 3.47. The van der Waals surface area contributed by atoms with Crippen LogP contribution in [0.3, 0.4) is 0 Å². The fourth-order valence-corrected chi connectivity index (χ4v) is 3.74. The van der Waals surface area contributed by atoms with Gasteiger partial charge in [0, 0.05) is 6.54 Å². The molecule has 0 aliphatic carbocycles. The Morgan fingerprint density at radius 2 is 1.97 bits per heavy atom. The van der Waals surface area contributed by atoms with E-state index in [0.717, 1.165) is 11.1 Å². The van der Waals surface area contributed by atoms with Crippen molar-refractivity contribution >= 4 is 28.0 Å². The molecule has 5 rings (SSSR count). The molecule has 0 saturated heterocycles. The van der Waals surface area contributed by atoms with Crippen LogP contribution in [0.25, 0.3) is 33.7 Å². The topological polar surface area (TPSA) is 120 Å². The molecule has 2 aromatic carbocycles. The quantitative estimate of drug-likeness (QED) is 0.338. The molecule has 0 amide bonds. The maximum Gasteiger partial charge on any atom is 0.433 e. The van der Waals surface area contributed by atoms with E-state index in [-0.39, 0.29) is 17.4 Å². The van der Waals surface area contributed by atoms with E-state index in [1.807, 2.05) is 28.8 Å². The molecule has 31 heavy (non-hydrogen) atoms. The fraction of sp³-hybridized carbons (Fsp3) is 0.136. The van der Waals surface area contributed by atoms with Crippen molar-refractivity contribution in [2.75, 3.05) is 0 Å². The normalized spacial score (nSPS) is 12.4. The molecule has 5 aromatic rings. The van der Waals surface area contributed by atoms with Crippen LogP contribution in [0.5, 0.6) is 0 Å². The van der Waals surface area contributed by atoms with Crippen molar-refractivity contribution in [3.05, 3.63) is 86.8 Å². The summed E-state index contributed by atoms with van der Waals surface area (Å²) in [5, 5.41) is 11.1. The van der Waals surface area contributed by atoms with Crippen molar-refractivity contribution in [2.45, 2.75) is 19.4 Å². The van der Waals surface area contributed by atoms with Gasteiger partial charge in [0.25, 0.3) is 5.56 Å². The second-order valence-electron chi connectivity index (χ2n) is 7.36. The van der Waals surface area contributed by atoms with Crippen molar-refractivity contribution in [3.63, 3.8) is 0 Å². The minimum atomic E-state index is -0.577. The number of nitrogens with zero attached hydrogens (tertiary/aromatic N) is 4. The molecule has 0 radical (unpaired) electrons. The number of fused-ring (bicyclic) bond motifs is 2. The number of aromatic nitrogens is 4. The average Bonchev–Trinajstić information content (AvgIpc) is 3.38. The van der Waals surface area contributed by atoms with Crippen LogP contribution in [-0.2, 0) is 6.54 Å². The van der Waals surface area contributed by atoms with Gasteiger partial charge in [-0.05, 0) is 29.7 Å². The zero-order valence-electron chi connectivity index (χ0n) is 16.5. The van der Waals surface area contributed by atoms with Crippen LogP contribution >= 0.6 is 0 Å². The second kappa shape index (κ2) is 7.21. The first-order valence-corrected chi connectivity index (χ1v) is 9.68. The molecule has 9 heteroatoms. The third-order valence-corrected chi connectivity index (χ3v) is 5.26. The Hall–Kier alpha value is -4.27. The Balaban J connectivity index is 1.71. The number of furan rings is 1. The van der Waals surface area contributed by atoms with Crippen LogP contribution in [-0.4, -0.2) is 24.4 Å². The fourth-order valence-electron chi connectivity index (χ4n) is 3.74. The number of hydrogen-bond acceptors (Lipinski definition) is 6. The maximum absolute atomic E-state index is 11.7. The van der Waals surface area contributed by atoms with Gasteiger partial charge in [-0.15, -0.1) is 0 Å². The number of nitro groups is 1. The maximum atomic E-state index is 11.7. The minimum Gasteiger partial charge on any atom is -0.397 e. The first-order chi connectivity index (χ1) is 15.0. The zero-order chi connectivity index (χ0) is 21.5. The lowest BCUT2D eigenvalue weighted by Gasteiger charge is -2.15. The lowest BCUT2D eigenvalue weighted by molar-refractivity contribution is -0.401. The molecule has 154 valence electrons. The van der Waals surface area contributed by atoms with E-state index in [9.17, 15) is 14.9 Å². The number of H-pyrrole nitrogens is 1. The Kier molecular flexibility index (Phi) is 4.36. The van der Waals surface area contributed by atoms with E-state index in [1.54, 1.807) is 12.1 Å². The van der Waals surface area contributed by atoms with E-state index in [0.29, 0.717) is 34.7 Å². The molecule has 0 spiro atoms. The summed E-state index contributed by atoms with van der Waals surface area (Å²) in [5.74, 6) is 0.569. The van der Waals surface area contributed by atoms with Gasteiger partial charge in [-0.2, -0.15) is 0 Å². The molecule has 9 nitrogen and oxygen atoms in total. The van der Waals surface area contributed by atoms with Gasteiger partial charge < -0.3 is 14.0 Å². The van der Waals surface area contributed by atoms with Crippen LogP contribution < -0.4 is 5.56 Å². The highest BCUT2D eigenvalue weighted by Crippen LogP contribution is 2.32. The van der Waals surface area contributed by atoms with Crippen molar-refractivity contribution in [2.24, 2.45) is 0 Å². The van der Waals surface area contributed by atoms with E-state index < -0.39 is 4.92 Å². The van der Waals surface area contributed by atoms with Crippen LogP contribution in [0.2, 0.25) is 0 Å². The van der Waals surface area contributed by atoms with Gasteiger partial charge in [0.1, 0.15) is 4.92 Å². The summed E-state index contributed by atoms with van der Waals surface area (Å²) in [4.78, 5) is 33.8. The standard InChI is InChI=1S/C22H17N5O4/c1-13(14-5-3-2-4-6-14)12-26-18-10-15-16(24-20(28)11-23-15)9-17(18)25-22(26)19-7-8-21(31-19)27(29)30/h2-11,13H,12H2,1H3,(H,24,28). The number of hydrogen-bond donors (Lipinski definition) is 1. The molecule has 1 N–H and O–H groups in total. The SMILES string of the molecule is CC(Cn1c(-c2ccc([N+](=O)[O-])o2)nc2cc3[nH]c(=O)cnc3cc21)c1ccccc1. The van der Waals surface area contributed by atoms with Crippen molar-refractivity contribution < 1.29 is 9.34 Å². The lowest BCUT2D eigenvalue weighted by atomic mass is 10.0. The summed E-state index contributed by atoms with van der Waals surface area (Å²) < 4.78 is 7.42. The van der Waals surface area contributed by atoms with Crippen LogP contribution in [0, 0.1) is 10.1 Å². The Labute approximate surface area is 175 Å². The molecule has 1 unspecified atom stereocenters. The minimum absolute atomic E-state index is 0.140. The van der Waals surface area contributed by atoms with E-state index in [4.69, 9.17) is 4.42 Å². The third-order valence-electron chi connectivity index (χ3n) is 5.26. The molecular formula is C22H17N5O4. The number of aromatic amines is 1. The molecule has 0 aliphatic heterocycles. The monoisotopic (exact) mass is 415 g/mol. The van der Waals surface area contributed by atoms with Gasteiger partial charge >= 0.3 is 5.88 Å². The van der Waals surface area contributed by atoms with E-state index in [1.165, 1.54) is 12.3 Å². The smallest absolute Gasteiger partial charge is 0.397 e. The highest BCUT2D eigenvalue weighted by molar-refractivity contribution is 5.92. The van der Waals surface area contributed by atoms with Crippen LogP contribution in [0.1, 0.15) is 18.4 Å². The first-order valence-electron chi connectivity index (χ1n) is 9.68. The van der Waals surface area contributed by atoms with Crippen molar-refractivity contribution in [3.8, 4) is 11.6 Å². The summed E-state index contributed by atoms with van der Waals surface area (Å²) in [6, 6.07) is 16.5. The van der Waals surface area contributed by atoms with Crippen LogP contribution in [0.15, 0.2) is 70.0 Å². The highest BCUT2D eigenvalue weighted by atomic mass is 16.6. The van der Waals surface area contributed by atoms with Gasteiger partial charge in [0.05, 0.1) is 34.3 Å². The number of rotatable bonds is 5. The molecule has 0 bridgehead atoms. The second-order valence-corrected chi connectivity index (χ2v) is 7.36. The van der Waals surface area contributed by atoms with E-state index in [2.05, 4.69) is 34.0 Å². The predicted molar refractivity (Wildman–Crippen MR) is 115 cm³/mol. The number of nitrogens with one attached hydrogen (secondary N) is 1. The summed E-state index contributed by atoms with van der Waals surface area (Å²) >= 11 is 0. The highest BCUT2D eigenvalue weighted by Gasteiger charge is 2.21. The Bertz CT molecular complexity index is 1480. The molecular weight excluding hydrogens is 398 g/mol. The molecule has 0 saturated carbocycles. The molecule has 3 heterocycles. The average molecular weight is 415 g/mol.